The molecule has 100 valence electrons. The highest BCUT2D eigenvalue weighted by Crippen LogP contribution is 2.32. The van der Waals surface area contributed by atoms with Gasteiger partial charge in [0.1, 0.15) is 5.82 Å². The fourth-order valence-corrected chi connectivity index (χ4v) is 3.30. The van der Waals surface area contributed by atoms with Crippen molar-refractivity contribution in [2.24, 2.45) is 0 Å². The number of Topliss-reactive ketones (excluding diaryl/α,β-unsaturated/α-hetero) is 1. The summed E-state index contributed by atoms with van der Waals surface area (Å²) in [7, 11) is -3.88. The lowest BCUT2D eigenvalue weighted by Crippen LogP contribution is -2.25. The number of hydrogen-bond donors (Lipinski definition) is 0. The van der Waals surface area contributed by atoms with E-state index in [1.807, 2.05) is 0 Å². The summed E-state index contributed by atoms with van der Waals surface area (Å²) in [5.74, 6) is -3.89. The minimum atomic E-state index is -5.29. The molecule has 0 heterocycles. The first-order chi connectivity index (χ1) is 7.96. The number of benzene rings is 1. The van der Waals surface area contributed by atoms with Crippen LogP contribution in [0.4, 0.5) is 17.6 Å². The van der Waals surface area contributed by atoms with E-state index >= 15 is 0 Å². The summed E-state index contributed by atoms with van der Waals surface area (Å²) >= 11 is 2.52. The van der Waals surface area contributed by atoms with Crippen molar-refractivity contribution in [3.8, 4) is 0 Å². The number of carbonyl (C=O) groups excluding carboxylic acids is 1. The third-order valence-electron chi connectivity index (χ3n) is 1.94. The summed E-state index contributed by atoms with van der Waals surface area (Å²) < 4.78 is 71.7. The van der Waals surface area contributed by atoms with Crippen LogP contribution in [0.1, 0.15) is 10.4 Å². The van der Waals surface area contributed by atoms with Crippen LogP contribution in [-0.4, -0.2) is 26.6 Å². The number of sulfone groups is 1. The molecule has 0 aromatic heterocycles. The van der Waals surface area contributed by atoms with Gasteiger partial charge in [0.05, 0.1) is 14.9 Å². The summed E-state index contributed by atoms with van der Waals surface area (Å²) in [6, 6.07) is 1.28. The van der Waals surface area contributed by atoms with Crippen LogP contribution in [0.3, 0.4) is 0 Å². The van der Waals surface area contributed by atoms with Crippen LogP contribution in [0.25, 0.3) is 0 Å². The van der Waals surface area contributed by atoms with Crippen LogP contribution in [-0.2, 0) is 9.84 Å². The number of halogens is 5. The van der Waals surface area contributed by atoms with Crippen molar-refractivity contribution in [2.75, 3.05) is 6.26 Å². The van der Waals surface area contributed by atoms with E-state index in [-0.39, 0.29) is 0 Å². The minimum absolute atomic E-state index is 0.500. The highest BCUT2D eigenvalue weighted by atomic mass is 79.9. The van der Waals surface area contributed by atoms with E-state index in [1.165, 1.54) is 0 Å². The third kappa shape index (κ3) is 2.89. The van der Waals surface area contributed by atoms with E-state index in [9.17, 15) is 30.8 Å². The molecule has 0 fully saturated rings. The zero-order valence-electron chi connectivity index (χ0n) is 8.68. The van der Waals surface area contributed by atoms with Gasteiger partial charge in [-0.05, 0) is 28.1 Å². The van der Waals surface area contributed by atoms with Crippen LogP contribution < -0.4 is 0 Å². The first-order valence-electron chi connectivity index (χ1n) is 4.26. The lowest BCUT2D eigenvalue weighted by atomic mass is 10.1. The molecule has 9 heteroatoms. The highest BCUT2D eigenvalue weighted by molar-refractivity contribution is 9.10. The smallest absolute Gasteiger partial charge is 0.284 e. The second-order valence-corrected chi connectivity index (χ2v) is 6.11. The summed E-state index contributed by atoms with van der Waals surface area (Å²) in [4.78, 5) is 10.4. The molecule has 0 aliphatic heterocycles. The maximum Gasteiger partial charge on any atom is 0.455 e. The molecule has 0 amide bonds. The van der Waals surface area contributed by atoms with Crippen LogP contribution in [0.2, 0.25) is 0 Å². The molecule has 0 atom stereocenters. The van der Waals surface area contributed by atoms with Crippen LogP contribution in [0.5, 0.6) is 0 Å². The Morgan fingerprint density at radius 1 is 1.28 bits per heavy atom. The van der Waals surface area contributed by atoms with Crippen LogP contribution in [0.15, 0.2) is 21.5 Å². The number of hydrogen-bond acceptors (Lipinski definition) is 3. The van der Waals surface area contributed by atoms with Gasteiger partial charge in [0.25, 0.3) is 5.78 Å². The average Bonchev–Trinajstić information content (AvgIpc) is 2.13. The van der Waals surface area contributed by atoms with E-state index in [0.717, 1.165) is 12.3 Å². The predicted molar refractivity (Wildman–Crippen MR) is 57.6 cm³/mol. The van der Waals surface area contributed by atoms with Crippen molar-refractivity contribution in [3.05, 3.63) is 28.0 Å². The molecular weight excluding hydrogens is 344 g/mol. The van der Waals surface area contributed by atoms with E-state index in [1.54, 1.807) is 0 Å². The largest absolute Gasteiger partial charge is 0.455 e. The van der Waals surface area contributed by atoms with Crippen molar-refractivity contribution >= 4 is 31.6 Å². The Morgan fingerprint density at radius 2 is 1.78 bits per heavy atom. The molecule has 0 N–H and O–H groups in total. The van der Waals surface area contributed by atoms with E-state index in [4.69, 9.17) is 0 Å². The van der Waals surface area contributed by atoms with Crippen molar-refractivity contribution in [1.29, 1.82) is 0 Å². The summed E-state index contributed by atoms with van der Waals surface area (Å²) in [5.41, 5.74) is -1.34. The molecule has 18 heavy (non-hydrogen) atoms. The summed E-state index contributed by atoms with van der Waals surface area (Å²) in [6.45, 7) is 0. The van der Waals surface area contributed by atoms with Gasteiger partial charge in [-0.2, -0.15) is 13.2 Å². The monoisotopic (exact) mass is 348 g/mol. The normalized spacial score (nSPS) is 12.6. The Morgan fingerprint density at radius 3 is 2.17 bits per heavy atom. The Bertz CT molecular complexity index is 607. The zero-order chi connectivity index (χ0) is 14.3. The Hall–Kier alpha value is -0.960. The standard InChI is InChI=1S/C9H5BrF4O3S/c1-18(16,17)5-3-2-4(11)6(7(5)10)8(15)9(12,13)14/h2-3H,1H3. The molecule has 1 aromatic carbocycles. The fourth-order valence-electron chi connectivity index (χ4n) is 1.17. The SMILES string of the molecule is CS(=O)(=O)c1ccc(F)c(C(=O)C(F)(F)F)c1Br. The summed E-state index contributed by atoms with van der Waals surface area (Å²) in [5, 5.41) is 0. The van der Waals surface area contributed by atoms with E-state index in [2.05, 4.69) is 15.9 Å². The fraction of sp³-hybridized carbons (Fsp3) is 0.222. The molecule has 0 aliphatic carbocycles. The molecule has 0 unspecified atom stereocenters. The molecule has 0 bridgehead atoms. The number of carbonyl (C=O) groups is 1. The van der Waals surface area contributed by atoms with Gasteiger partial charge in [0.2, 0.25) is 0 Å². The Labute approximate surface area is 108 Å². The average molecular weight is 349 g/mol. The van der Waals surface area contributed by atoms with Crippen LogP contribution >= 0.6 is 15.9 Å². The molecule has 1 aromatic rings. The lowest BCUT2D eigenvalue weighted by Gasteiger charge is -2.10. The number of alkyl halides is 3. The minimum Gasteiger partial charge on any atom is -0.284 e. The quantitative estimate of drug-likeness (QED) is 0.469. The van der Waals surface area contributed by atoms with Gasteiger partial charge in [0.15, 0.2) is 9.84 Å². The van der Waals surface area contributed by atoms with Crippen LogP contribution in [0, 0.1) is 5.82 Å². The van der Waals surface area contributed by atoms with E-state index < -0.39 is 42.5 Å². The van der Waals surface area contributed by atoms with Gasteiger partial charge in [0, 0.05) is 6.26 Å². The topological polar surface area (TPSA) is 51.2 Å². The molecule has 0 saturated carbocycles. The lowest BCUT2D eigenvalue weighted by molar-refractivity contribution is -0.0888. The maximum absolute atomic E-state index is 13.3. The molecular formula is C9H5BrF4O3S. The highest BCUT2D eigenvalue weighted by Gasteiger charge is 2.42. The second kappa shape index (κ2) is 4.61. The van der Waals surface area contributed by atoms with Crippen molar-refractivity contribution in [1.82, 2.24) is 0 Å². The molecule has 0 radical (unpaired) electrons. The van der Waals surface area contributed by atoms with Gasteiger partial charge in [-0.1, -0.05) is 0 Å². The summed E-state index contributed by atoms with van der Waals surface area (Å²) in [6.07, 6.45) is -4.56. The Balaban J connectivity index is 3.61. The zero-order valence-corrected chi connectivity index (χ0v) is 11.1. The van der Waals surface area contributed by atoms with Crippen molar-refractivity contribution in [2.45, 2.75) is 11.1 Å². The van der Waals surface area contributed by atoms with Crippen molar-refractivity contribution < 1.29 is 30.8 Å². The maximum atomic E-state index is 13.3. The first kappa shape index (κ1) is 15.1. The molecule has 0 aliphatic rings. The van der Waals surface area contributed by atoms with Gasteiger partial charge in [-0.3, -0.25) is 4.79 Å². The molecule has 0 spiro atoms. The Kier molecular flexibility index (Phi) is 3.87. The number of ketones is 1. The molecule has 1 rings (SSSR count). The van der Waals surface area contributed by atoms with Crippen molar-refractivity contribution in [3.63, 3.8) is 0 Å². The second-order valence-electron chi connectivity index (χ2n) is 3.33. The molecule has 0 saturated heterocycles. The first-order valence-corrected chi connectivity index (χ1v) is 6.94. The third-order valence-corrected chi connectivity index (χ3v) is 4.16. The van der Waals surface area contributed by atoms with Gasteiger partial charge < -0.3 is 0 Å². The predicted octanol–water partition coefficient (Wildman–Crippen LogP) is 2.74. The molecule has 3 nitrogen and oxygen atoms in total. The van der Waals surface area contributed by atoms with E-state index in [0.29, 0.717) is 6.07 Å². The number of rotatable bonds is 2. The van der Waals surface area contributed by atoms with Gasteiger partial charge >= 0.3 is 6.18 Å². The van der Waals surface area contributed by atoms with Gasteiger partial charge in [-0.25, -0.2) is 12.8 Å². The van der Waals surface area contributed by atoms with Gasteiger partial charge in [-0.15, -0.1) is 0 Å².